The van der Waals surface area contributed by atoms with Gasteiger partial charge in [-0.15, -0.1) is 0 Å². The molecule has 2 rings (SSSR count). The van der Waals surface area contributed by atoms with Crippen LogP contribution in [0.25, 0.3) is 0 Å². The molecule has 0 atom stereocenters. The summed E-state index contributed by atoms with van der Waals surface area (Å²) in [6, 6.07) is 12.1. The minimum Gasteiger partial charge on any atom is -0.489 e. The van der Waals surface area contributed by atoms with Gasteiger partial charge in [-0.1, -0.05) is 18.2 Å². The van der Waals surface area contributed by atoms with E-state index in [2.05, 4.69) is 15.9 Å². The van der Waals surface area contributed by atoms with E-state index in [0.717, 1.165) is 5.56 Å². The second kappa shape index (κ2) is 5.19. The van der Waals surface area contributed by atoms with Crippen LogP contribution in [0.5, 0.6) is 5.75 Å². The maximum absolute atomic E-state index is 13.2. The molecule has 0 amide bonds. The number of nitrogens with two attached hydrogens (primary N) is 1. The Morgan fingerprint density at radius 3 is 2.65 bits per heavy atom. The van der Waals surface area contributed by atoms with E-state index >= 15 is 0 Å². The van der Waals surface area contributed by atoms with Gasteiger partial charge in [0.2, 0.25) is 0 Å². The Morgan fingerprint density at radius 1 is 1.18 bits per heavy atom. The van der Waals surface area contributed by atoms with Crippen LogP contribution in [-0.2, 0) is 6.61 Å². The van der Waals surface area contributed by atoms with Crippen LogP contribution in [0.1, 0.15) is 5.56 Å². The van der Waals surface area contributed by atoms with Crippen LogP contribution < -0.4 is 10.5 Å². The Labute approximate surface area is 107 Å². The first kappa shape index (κ1) is 11.9. The summed E-state index contributed by atoms with van der Waals surface area (Å²) >= 11 is 3.09. The van der Waals surface area contributed by atoms with Crippen molar-refractivity contribution < 1.29 is 9.13 Å². The average molecular weight is 296 g/mol. The van der Waals surface area contributed by atoms with Crippen molar-refractivity contribution in [3.8, 4) is 5.75 Å². The highest BCUT2D eigenvalue weighted by Gasteiger charge is 2.03. The zero-order valence-electron chi connectivity index (χ0n) is 8.99. The molecule has 0 fully saturated rings. The van der Waals surface area contributed by atoms with Crippen molar-refractivity contribution in [1.29, 1.82) is 0 Å². The Balaban J connectivity index is 2.08. The van der Waals surface area contributed by atoms with Gasteiger partial charge in [-0.2, -0.15) is 0 Å². The molecular formula is C13H11BrFNO. The Morgan fingerprint density at radius 2 is 1.94 bits per heavy atom. The molecule has 0 saturated carbocycles. The fourth-order valence-corrected chi connectivity index (χ4v) is 1.64. The summed E-state index contributed by atoms with van der Waals surface area (Å²) < 4.78 is 19.1. The van der Waals surface area contributed by atoms with E-state index in [0.29, 0.717) is 22.5 Å². The number of hydrogen-bond acceptors (Lipinski definition) is 2. The minimum atomic E-state index is -0.344. The molecule has 2 N–H and O–H groups in total. The Bertz CT molecular complexity index is 531. The highest BCUT2D eigenvalue weighted by atomic mass is 79.9. The molecule has 2 aromatic carbocycles. The third kappa shape index (κ3) is 2.97. The van der Waals surface area contributed by atoms with Crippen molar-refractivity contribution in [1.82, 2.24) is 0 Å². The van der Waals surface area contributed by atoms with Crippen molar-refractivity contribution >= 4 is 21.6 Å². The number of rotatable bonds is 3. The fraction of sp³-hybridized carbons (Fsp3) is 0.0769. The zero-order valence-corrected chi connectivity index (χ0v) is 10.6. The molecule has 0 aliphatic carbocycles. The number of nitrogen functional groups attached to an aromatic ring is 1. The average Bonchev–Trinajstić information content (AvgIpc) is 2.32. The van der Waals surface area contributed by atoms with Crippen LogP contribution >= 0.6 is 15.9 Å². The van der Waals surface area contributed by atoms with Crippen LogP contribution in [0.4, 0.5) is 10.1 Å². The van der Waals surface area contributed by atoms with Gasteiger partial charge in [-0.25, -0.2) is 4.39 Å². The number of benzene rings is 2. The van der Waals surface area contributed by atoms with Crippen molar-refractivity contribution in [3.63, 3.8) is 0 Å². The molecule has 0 saturated heterocycles. The normalized spacial score (nSPS) is 10.2. The van der Waals surface area contributed by atoms with Crippen LogP contribution in [-0.4, -0.2) is 0 Å². The van der Waals surface area contributed by atoms with Crippen molar-refractivity contribution in [2.45, 2.75) is 6.61 Å². The van der Waals surface area contributed by atoms with Crippen LogP contribution in [0.2, 0.25) is 0 Å². The maximum Gasteiger partial charge on any atom is 0.141 e. The number of para-hydroxylation sites is 1. The molecule has 0 radical (unpaired) electrons. The largest absolute Gasteiger partial charge is 0.489 e. The number of anilines is 1. The predicted molar refractivity (Wildman–Crippen MR) is 69.3 cm³/mol. The SMILES string of the molecule is Nc1ccccc1COc1ccc(Br)c(F)c1. The molecule has 2 nitrogen and oxygen atoms in total. The highest BCUT2D eigenvalue weighted by Crippen LogP contribution is 2.22. The Kier molecular flexibility index (Phi) is 3.64. The minimum absolute atomic E-state index is 0.327. The number of ether oxygens (including phenoxy) is 1. The second-order valence-corrected chi connectivity index (χ2v) is 4.42. The predicted octanol–water partition coefficient (Wildman–Crippen LogP) is 3.75. The van der Waals surface area contributed by atoms with Crippen LogP contribution in [0.3, 0.4) is 0 Å². The van der Waals surface area contributed by atoms with E-state index in [1.54, 1.807) is 18.2 Å². The summed E-state index contributed by atoms with van der Waals surface area (Å²) in [5.41, 5.74) is 7.33. The monoisotopic (exact) mass is 295 g/mol. The molecule has 17 heavy (non-hydrogen) atoms. The molecule has 2 aromatic rings. The lowest BCUT2D eigenvalue weighted by Gasteiger charge is -2.08. The van der Waals surface area contributed by atoms with E-state index < -0.39 is 0 Å². The van der Waals surface area contributed by atoms with Crippen LogP contribution in [0, 0.1) is 5.82 Å². The van der Waals surface area contributed by atoms with Gasteiger partial charge in [0.05, 0.1) is 4.47 Å². The first-order valence-electron chi connectivity index (χ1n) is 5.08. The number of hydrogen-bond donors (Lipinski definition) is 1. The third-order valence-electron chi connectivity index (χ3n) is 2.34. The van der Waals surface area contributed by atoms with Crippen molar-refractivity contribution in [3.05, 3.63) is 58.3 Å². The van der Waals surface area contributed by atoms with E-state index in [1.165, 1.54) is 6.07 Å². The van der Waals surface area contributed by atoms with E-state index in [1.807, 2.05) is 18.2 Å². The van der Waals surface area contributed by atoms with Crippen LogP contribution in [0.15, 0.2) is 46.9 Å². The molecule has 0 spiro atoms. The molecule has 0 aliphatic rings. The van der Waals surface area contributed by atoms with Crippen molar-refractivity contribution in [2.75, 3.05) is 5.73 Å². The molecule has 0 unspecified atom stereocenters. The van der Waals surface area contributed by atoms with Gasteiger partial charge in [0, 0.05) is 17.3 Å². The molecule has 88 valence electrons. The molecule has 0 aromatic heterocycles. The van der Waals surface area contributed by atoms with Gasteiger partial charge >= 0.3 is 0 Å². The lowest BCUT2D eigenvalue weighted by atomic mass is 10.2. The van der Waals surface area contributed by atoms with Gasteiger partial charge in [0.15, 0.2) is 0 Å². The van der Waals surface area contributed by atoms with Gasteiger partial charge in [-0.3, -0.25) is 0 Å². The van der Waals surface area contributed by atoms with E-state index in [4.69, 9.17) is 10.5 Å². The summed E-state index contributed by atoms with van der Waals surface area (Å²) in [6.45, 7) is 0.327. The molecule has 0 aliphatic heterocycles. The molecular weight excluding hydrogens is 285 g/mol. The van der Waals surface area contributed by atoms with Crippen molar-refractivity contribution in [2.24, 2.45) is 0 Å². The van der Waals surface area contributed by atoms with E-state index in [9.17, 15) is 4.39 Å². The summed E-state index contributed by atoms with van der Waals surface area (Å²) in [4.78, 5) is 0. The Hall–Kier alpha value is -1.55. The highest BCUT2D eigenvalue weighted by molar-refractivity contribution is 9.10. The quantitative estimate of drug-likeness (QED) is 0.875. The molecule has 0 bridgehead atoms. The standard InChI is InChI=1S/C13H11BrFNO/c14-11-6-5-10(7-12(11)15)17-8-9-3-1-2-4-13(9)16/h1-7H,8,16H2. The first-order valence-corrected chi connectivity index (χ1v) is 5.87. The first-order chi connectivity index (χ1) is 8.16. The van der Waals surface area contributed by atoms with Gasteiger partial charge in [0.25, 0.3) is 0 Å². The lowest BCUT2D eigenvalue weighted by molar-refractivity contribution is 0.305. The third-order valence-corrected chi connectivity index (χ3v) is 2.98. The topological polar surface area (TPSA) is 35.2 Å². The second-order valence-electron chi connectivity index (χ2n) is 3.56. The molecule has 4 heteroatoms. The summed E-state index contributed by atoms with van der Waals surface area (Å²) in [5, 5.41) is 0. The maximum atomic E-state index is 13.2. The summed E-state index contributed by atoms with van der Waals surface area (Å²) in [6.07, 6.45) is 0. The summed E-state index contributed by atoms with van der Waals surface area (Å²) in [5.74, 6) is 0.137. The molecule has 0 heterocycles. The lowest BCUT2D eigenvalue weighted by Crippen LogP contribution is -2.00. The van der Waals surface area contributed by atoms with Gasteiger partial charge in [-0.05, 0) is 34.1 Å². The smallest absolute Gasteiger partial charge is 0.141 e. The zero-order chi connectivity index (χ0) is 12.3. The number of halogens is 2. The van der Waals surface area contributed by atoms with E-state index in [-0.39, 0.29) is 5.82 Å². The summed E-state index contributed by atoms with van der Waals surface area (Å²) in [7, 11) is 0. The fourth-order valence-electron chi connectivity index (χ4n) is 1.39. The van der Waals surface area contributed by atoms with Gasteiger partial charge < -0.3 is 10.5 Å². The van der Waals surface area contributed by atoms with Gasteiger partial charge in [0.1, 0.15) is 18.2 Å².